The molecule has 1 aliphatic carbocycles. The van der Waals surface area contributed by atoms with E-state index in [1.807, 2.05) is 18.2 Å². The Bertz CT molecular complexity index is 981. The lowest BCUT2D eigenvalue weighted by atomic mass is 9.77. The topological polar surface area (TPSA) is 101 Å². The second-order valence-corrected chi connectivity index (χ2v) is 8.70. The lowest BCUT2D eigenvalue weighted by molar-refractivity contribution is -0.134. The number of carbonyl (C=O) groups excluding carboxylic acids is 3. The second-order valence-electron chi connectivity index (χ2n) is 7.79. The van der Waals surface area contributed by atoms with Crippen LogP contribution in [-0.2, 0) is 11.4 Å². The number of amides is 4. The highest BCUT2D eigenvalue weighted by atomic mass is 79.9. The molecule has 0 atom stereocenters. The fourth-order valence-electron chi connectivity index (χ4n) is 3.76. The minimum Gasteiger partial charge on any atom is -0.486 e. The standard InChI is InChI=1S/C21H22BrN3O5/c1-13-7-9-21(10-8-13)19(27)25(20(28)23-21)24-18(26)17-6-5-16(30-17)12-29-15-4-2-3-14(22)11-15/h2-6,11,13H,7-10,12H2,1H3,(H,23,28)(H,24,26). The largest absolute Gasteiger partial charge is 0.486 e. The zero-order chi connectivity index (χ0) is 21.3. The van der Waals surface area contributed by atoms with Gasteiger partial charge < -0.3 is 14.5 Å². The molecule has 0 bridgehead atoms. The Morgan fingerprint density at radius 3 is 2.80 bits per heavy atom. The van der Waals surface area contributed by atoms with E-state index in [2.05, 4.69) is 33.6 Å². The molecule has 2 heterocycles. The predicted octanol–water partition coefficient (Wildman–Crippen LogP) is 3.77. The lowest BCUT2D eigenvalue weighted by Gasteiger charge is -2.33. The summed E-state index contributed by atoms with van der Waals surface area (Å²) in [5, 5.41) is 3.53. The quantitative estimate of drug-likeness (QED) is 0.640. The summed E-state index contributed by atoms with van der Waals surface area (Å²) in [5.74, 6) is 0.505. The van der Waals surface area contributed by atoms with E-state index in [0.717, 1.165) is 22.3 Å². The van der Waals surface area contributed by atoms with Crippen LogP contribution in [0.1, 0.15) is 48.9 Å². The van der Waals surface area contributed by atoms with Crippen molar-refractivity contribution in [2.45, 2.75) is 44.8 Å². The van der Waals surface area contributed by atoms with Crippen LogP contribution < -0.4 is 15.5 Å². The molecule has 158 valence electrons. The van der Waals surface area contributed by atoms with E-state index in [0.29, 0.717) is 30.3 Å². The molecule has 2 aromatic rings. The molecule has 0 unspecified atom stereocenters. The Morgan fingerprint density at radius 2 is 2.07 bits per heavy atom. The molecule has 1 aliphatic heterocycles. The number of halogens is 1. The SMILES string of the molecule is CC1CCC2(CC1)NC(=O)N(NC(=O)c1ccc(COc3cccc(Br)c3)o1)C2=O. The number of hydrogen-bond acceptors (Lipinski definition) is 5. The van der Waals surface area contributed by atoms with E-state index in [1.54, 1.807) is 12.1 Å². The molecule has 1 saturated heterocycles. The van der Waals surface area contributed by atoms with Crippen LogP contribution in [0.4, 0.5) is 4.79 Å². The third-order valence-electron chi connectivity index (χ3n) is 5.57. The van der Waals surface area contributed by atoms with Gasteiger partial charge in [0.25, 0.3) is 5.91 Å². The highest BCUT2D eigenvalue weighted by molar-refractivity contribution is 9.10. The third kappa shape index (κ3) is 4.07. The molecule has 4 amide bonds. The second kappa shape index (κ2) is 8.14. The van der Waals surface area contributed by atoms with Crippen molar-refractivity contribution in [2.75, 3.05) is 0 Å². The van der Waals surface area contributed by atoms with Gasteiger partial charge in [-0.1, -0.05) is 28.9 Å². The summed E-state index contributed by atoms with van der Waals surface area (Å²) in [4.78, 5) is 37.7. The van der Waals surface area contributed by atoms with E-state index in [1.165, 1.54) is 6.07 Å². The number of furan rings is 1. The first kappa shape index (κ1) is 20.5. The number of hydrazine groups is 1. The number of nitrogens with zero attached hydrogens (tertiary/aromatic N) is 1. The minimum absolute atomic E-state index is 0.0124. The number of rotatable bonds is 5. The van der Waals surface area contributed by atoms with Gasteiger partial charge in [-0.15, -0.1) is 0 Å². The summed E-state index contributed by atoms with van der Waals surface area (Å²) >= 11 is 3.37. The van der Waals surface area contributed by atoms with E-state index < -0.39 is 23.4 Å². The monoisotopic (exact) mass is 475 g/mol. The van der Waals surface area contributed by atoms with E-state index in [9.17, 15) is 14.4 Å². The van der Waals surface area contributed by atoms with Crippen LogP contribution in [0.15, 0.2) is 45.3 Å². The van der Waals surface area contributed by atoms with Gasteiger partial charge in [-0.05, 0) is 61.9 Å². The molecule has 1 aromatic heterocycles. The number of imide groups is 1. The number of carbonyl (C=O) groups is 3. The summed E-state index contributed by atoms with van der Waals surface area (Å²) in [6.07, 6.45) is 2.85. The summed E-state index contributed by atoms with van der Waals surface area (Å²) < 4.78 is 12.0. The fourth-order valence-corrected chi connectivity index (χ4v) is 4.14. The first-order chi connectivity index (χ1) is 14.4. The van der Waals surface area contributed by atoms with Crippen LogP contribution in [-0.4, -0.2) is 28.4 Å². The summed E-state index contributed by atoms with van der Waals surface area (Å²) in [7, 11) is 0. The number of nitrogens with one attached hydrogen (secondary N) is 2. The molecule has 2 fully saturated rings. The minimum atomic E-state index is -0.914. The third-order valence-corrected chi connectivity index (χ3v) is 6.06. The van der Waals surface area contributed by atoms with Crippen LogP contribution >= 0.6 is 15.9 Å². The molecule has 2 aliphatic rings. The van der Waals surface area contributed by atoms with Crippen molar-refractivity contribution >= 4 is 33.8 Å². The Kier molecular flexibility index (Phi) is 5.55. The Morgan fingerprint density at radius 1 is 1.30 bits per heavy atom. The molecule has 2 N–H and O–H groups in total. The molecule has 8 nitrogen and oxygen atoms in total. The number of ether oxygens (including phenoxy) is 1. The molecular weight excluding hydrogens is 454 g/mol. The zero-order valence-corrected chi connectivity index (χ0v) is 18.0. The van der Waals surface area contributed by atoms with Crippen molar-refractivity contribution in [1.82, 2.24) is 15.8 Å². The van der Waals surface area contributed by atoms with Gasteiger partial charge in [-0.2, -0.15) is 5.01 Å². The van der Waals surface area contributed by atoms with Crippen molar-refractivity contribution in [3.63, 3.8) is 0 Å². The molecule has 9 heteroatoms. The first-order valence-corrected chi connectivity index (χ1v) is 10.6. The Labute approximate surface area is 182 Å². The normalized spacial score (nSPS) is 23.5. The van der Waals surface area contributed by atoms with Crippen LogP contribution in [0.3, 0.4) is 0 Å². The van der Waals surface area contributed by atoms with Crippen LogP contribution in [0.5, 0.6) is 5.75 Å². The number of urea groups is 1. The van der Waals surface area contributed by atoms with Crippen molar-refractivity contribution < 1.29 is 23.5 Å². The van der Waals surface area contributed by atoms with E-state index >= 15 is 0 Å². The van der Waals surface area contributed by atoms with Crippen LogP contribution in [0.2, 0.25) is 0 Å². The molecule has 1 aromatic carbocycles. The van der Waals surface area contributed by atoms with Crippen molar-refractivity contribution in [2.24, 2.45) is 5.92 Å². The molecular formula is C21H22BrN3O5. The molecule has 1 spiro atoms. The van der Waals surface area contributed by atoms with Gasteiger partial charge in [0.1, 0.15) is 23.7 Å². The van der Waals surface area contributed by atoms with Gasteiger partial charge >= 0.3 is 11.9 Å². The van der Waals surface area contributed by atoms with Gasteiger partial charge in [-0.25, -0.2) is 10.2 Å². The molecule has 0 radical (unpaired) electrons. The van der Waals surface area contributed by atoms with Crippen LogP contribution in [0.25, 0.3) is 0 Å². The summed E-state index contributed by atoms with van der Waals surface area (Å²) in [6, 6.07) is 9.83. The average molecular weight is 476 g/mol. The zero-order valence-electron chi connectivity index (χ0n) is 16.4. The summed E-state index contributed by atoms with van der Waals surface area (Å²) in [6.45, 7) is 2.26. The first-order valence-electron chi connectivity index (χ1n) is 9.81. The van der Waals surface area contributed by atoms with Crippen LogP contribution in [0, 0.1) is 5.92 Å². The van der Waals surface area contributed by atoms with Gasteiger partial charge in [0, 0.05) is 4.47 Å². The van der Waals surface area contributed by atoms with E-state index in [4.69, 9.17) is 9.15 Å². The number of benzene rings is 1. The molecule has 4 rings (SSSR count). The maximum absolute atomic E-state index is 12.8. The Balaban J connectivity index is 1.37. The fraction of sp³-hybridized carbons (Fsp3) is 0.381. The lowest BCUT2D eigenvalue weighted by Crippen LogP contribution is -2.51. The highest BCUT2D eigenvalue weighted by Crippen LogP contribution is 2.35. The van der Waals surface area contributed by atoms with Crippen molar-refractivity contribution in [3.8, 4) is 5.75 Å². The van der Waals surface area contributed by atoms with Crippen molar-refractivity contribution in [1.29, 1.82) is 0 Å². The summed E-state index contributed by atoms with van der Waals surface area (Å²) in [5.41, 5.74) is 1.45. The molecule has 30 heavy (non-hydrogen) atoms. The van der Waals surface area contributed by atoms with Gasteiger partial charge in [0.2, 0.25) is 0 Å². The number of hydrogen-bond donors (Lipinski definition) is 2. The van der Waals surface area contributed by atoms with Gasteiger partial charge in [0.05, 0.1) is 0 Å². The maximum Gasteiger partial charge on any atom is 0.344 e. The van der Waals surface area contributed by atoms with Crippen molar-refractivity contribution in [3.05, 3.63) is 52.4 Å². The highest BCUT2D eigenvalue weighted by Gasteiger charge is 2.53. The van der Waals surface area contributed by atoms with E-state index in [-0.39, 0.29) is 12.4 Å². The maximum atomic E-state index is 12.8. The Hall–Kier alpha value is -2.81. The van der Waals surface area contributed by atoms with Gasteiger partial charge in [0.15, 0.2) is 5.76 Å². The smallest absolute Gasteiger partial charge is 0.344 e. The molecule has 1 saturated carbocycles. The predicted molar refractivity (Wildman–Crippen MR) is 110 cm³/mol. The van der Waals surface area contributed by atoms with Gasteiger partial charge in [-0.3, -0.25) is 9.59 Å². The average Bonchev–Trinajstić information content (AvgIpc) is 3.28.